The predicted octanol–water partition coefficient (Wildman–Crippen LogP) is 3.49. The minimum Gasteiger partial charge on any atom is -0.444 e. The highest BCUT2D eigenvalue weighted by Gasteiger charge is 2.20. The first-order valence-corrected chi connectivity index (χ1v) is 9.03. The van der Waals surface area contributed by atoms with Crippen molar-refractivity contribution in [2.75, 3.05) is 0 Å². The van der Waals surface area contributed by atoms with Crippen molar-refractivity contribution >= 4 is 46.0 Å². The highest BCUT2D eigenvalue weighted by Crippen LogP contribution is 2.28. The fourth-order valence-electron chi connectivity index (χ4n) is 1.64. The van der Waals surface area contributed by atoms with Gasteiger partial charge in [0, 0.05) is 10.8 Å². The van der Waals surface area contributed by atoms with Crippen LogP contribution < -0.4 is 11.1 Å². The molecule has 0 spiro atoms. The van der Waals surface area contributed by atoms with E-state index < -0.39 is 11.7 Å². The third-order valence-electron chi connectivity index (χ3n) is 2.60. The zero-order valence-corrected chi connectivity index (χ0v) is 15.7. The molecule has 9 heteroatoms. The van der Waals surface area contributed by atoms with Crippen molar-refractivity contribution in [2.24, 2.45) is 5.73 Å². The van der Waals surface area contributed by atoms with Gasteiger partial charge >= 0.3 is 6.09 Å². The third-order valence-corrected chi connectivity index (χ3v) is 4.70. The Bertz CT molecular complexity index is 718. The standard InChI is InChI=1S/C14H18N4O2S3/c1-7(16-13(19)20-14(2,3)4)11-18-9(6-22-11)12-17-8(5-23-12)10(15)21/h5-7H,1-4H3,(H2,15,21)(H,16,19). The molecular weight excluding hydrogens is 352 g/mol. The molecule has 1 unspecified atom stereocenters. The van der Waals surface area contributed by atoms with E-state index in [0.717, 1.165) is 15.7 Å². The van der Waals surface area contributed by atoms with E-state index in [1.165, 1.54) is 22.7 Å². The number of alkyl carbamates (subject to hydrolysis) is 1. The monoisotopic (exact) mass is 370 g/mol. The summed E-state index contributed by atoms with van der Waals surface area (Å²) >= 11 is 7.79. The maximum atomic E-state index is 11.8. The highest BCUT2D eigenvalue weighted by atomic mass is 32.1. The second-order valence-corrected chi connectivity index (χ2v) is 8.03. The van der Waals surface area contributed by atoms with Gasteiger partial charge in [0.2, 0.25) is 0 Å². The number of nitrogens with zero attached hydrogens (tertiary/aromatic N) is 2. The molecule has 3 N–H and O–H groups in total. The number of amides is 1. The second kappa shape index (κ2) is 6.90. The number of hydrogen-bond donors (Lipinski definition) is 2. The van der Waals surface area contributed by atoms with Crippen LogP contribution in [-0.2, 0) is 4.74 Å². The number of nitrogens with two attached hydrogens (primary N) is 1. The Morgan fingerprint density at radius 2 is 2.04 bits per heavy atom. The van der Waals surface area contributed by atoms with Gasteiger partial charge in [-0.1, -0.05) is 12.2 Å². The molecular formula is C14H18N4O2S3. The van der Waals surface area contributed by atoms with Gasteiger partial charge in [0.05, 0.1) is 6.04 Å². The SMILES string of the molecule is CC(NC(=O)OC(C)(C)C)c1nc(-c2nc(C(N)=S)cs2)cs1. The van der Waals surface area contributed by atoms with Crippen LogP contribution in [0.25, 0.3) is 10.7 Å². The van der Waals surface area contributed by atoms with E-state index in [-0.39, 0.29) is 11.0 Å². The molecule has 0 saturated carbocycles. The Labute approximate surface area is 148 Å². The van der Waals surface area contributed by atoms with Gasteiger partial charge in [-0.2, -0.15) is 0 Å². The average molecular weight is 371 g/mol. The molecule has 1 amide bonds. The van der Waals surface area contributed by atoms with Crippen molar-refractivity contribution < 1.29 is 9.53 Å². The quantitative estimate of drug-likeness (QED) is 0.801. The Hall–Kier alpha value is -1.58. The smallest absolute Gasteiger partial charge is 0.408 e. The Kier molecular flexibility index (Phi) is 5.33. The Morgan fingerprint density at radius 1 is 1.35 bits per heavy atom. The van der Waals surface area contributed by atoms with Gasteiger partial charge in [-0.25, -0.2) is 14.8 Å². The fraction of sp³-hybridized carbons (Fsp3) is 0.429. The van der Waals surface area contributed by atoms with E-state index in [0.29, 0.717) is 5.69 Å². The average Bonchev–Trinajstić information content (AvgIpc) is 3.05. The summed E-state index contributed by atoms with van der Waals surface area (Å²) in [6.45, 7) is 7.32. The number of rotatable bonds is 4. The first-order chi connectivity index (χ1) is 10.7. The molecule has 23 heavy (non-hydrogen) atoms. The summed E-state index contributed by atoms with van der Waals surface area (Å²) in [6, 6.07) is -0.251. The number of aromatic nitrogens is 2. The van der Waals surface area contributed by atoms with Gasteiger partial charge in [-0.3, -0.25) is 0 Å². The van der Waals surface area contributed by atoms with Gasteiger partial charge in [0.25, 0.3) is 0 Å². The molecule has 0 aliphatic rings. The summed E-state index contributed by atoms with van der Waals surface area (Å²) < 4.78 is 5.24. The summed E-state index contributed by atoms with van der Waals surface area (Å²) in [5.41, 5.74) is 6.37. The summed E-state index contributed by atoms with van der Waals surface area (Å²) in [6.07, 6.45) is -0.466. The summed E-state index contributed by atoms with van der Waals surface area (Å²) in [4.78, 5) is 20.9. The lowest BCUT2D eigenvalue weighted by Gasteiger charge is -2.21. The van der Waals surface area contributed by atoms with Crippen LogP contribution in [0.15, 0.2) is 10.8 Å². The normalized spacial score (nSPS) is 12.7. The lowest BCUT2D eigenvalue weighted by Crippen LogP contribution is -2.34. The Morgan fingerprint density at radius 3 is 2.61 bits per heavy atom. The van der Waals surface area contributed by atoms with Crippen molar-refractivity contribution in [3.05, 3.63) is 21.5 Å². The highest BCUT2D eigenvalue weighted by molar-refractivity contribution is 7.80. The molecule has 0 aromatic carbocycles. The summed E-state index contributed by atoms with van der Waals surface area (Å²) in [5.74, 6) is 0. The molecule has 0 radical (unpaired) electrons. The topological polar surface area (TPSA) is 90.1 Å². The van der Waals surface area contributed by atoms with Crippen molar-refractivity contribution in [1.82, 2.24) is 15.3 Å². The van der Waals surface area contributed by atoms with Gasteiger partial charge in [0.15, 0.2) is 0 Å². The minimum absolute atomic E-state index is 0.251. The molecule has 0 saturated heterocycles. The zero-order chi connectivity index (χ0) is 17.2. The largest absolute Gasteiger partial charge is 0.444 e. The first-order valence-electron chi connectivity index (χ1n) is 6.86. The molecule has 0 aliphatic carbocycles. The van der Waals surface area contributed by atoms with Gasteiger partial charge in [-0.15, -0.1) is 22.7 Å². The number of hydrogen-bond acceptors (Lipinski definition) is 7. The summed E-state index contributed by atoms with van der Waals surface area (Å²) in [5, 5.41) is 7.99. The van der Waals surface area contributed by atoms with Gasteiger partial charge < -0.3 is 15.8 Å². The van der Waals surface area contributed by atoms with Crippen LogP contribution in [0.3, 0.4) is 0 Å². The van der Waals surface area contributed by atoms with Crippen LogP contribution in [0.5, 0.6) is 0 Å². The second-order valence-electron chi connectivity index (χ2n) is 5.84. The van der Waals surface area contributed by atoms with E-state index in [9.17, 15) is 4.79 Å². The number of ether oxygens (including phenoxy) is 1. The maximum Gasteiger partial charge on any atom is 0.408 e. The lowest BCUT2D eigenvalue weighted by molar-refractivity contribution is 0.0508. The number of nitrogens with one attached hydrogen (secondary N) is 1. The van der Waals surface area contributed by atoms with Crippen molar-refractivity contribution in [3.8, 4) is 10.7 Å². The van der Waals surface area contributed by atoms with Crippen LogP contribution in [0.1, 0.15) is 44.4 Å². The third kappa shape index (κ3) is 4.95. The molecule has 2 aromatic rings. The number of carbonyl (C=O) groups excluding carboxylic acids is 1. The van der Waals surface area contributed by atoms with Crippen molar-refractivity contribution in [2.45, 2.75) is 39.3 Å². The first kappa shape index (κ1) is 17.8. The Balaban J connectivity index is 2.06. The minimum atomic E-state index is -0.532. The fourth-order valence-corrected chi connectivity index (χ4v) is 3.48. The molecule has 1 atom stereocenters. The molecule has 0 bridgehead atoms. The maximum absolute atomic E-state index is 11.8. The molecule has 6 nitrogen and oxygen atoms in total. The molecule has 2 aromatic heterocycles. The summed E-state index contributed by atoms with van der Waals surface area (Å²) in [7, 11) is 0. The van der Waals surface area contributed by atoms with Crippen molar-refractivity contribution in [3.63, 3.8) is 0 Å². The van der Waals surface area contributed by atoms with E-state index in [2.05, 4.69) is 15.3 Å². The van der Waals surface area contributed by atoms with E-state index >= 15 is 0 Å². The van der Waals surface area contributed by atoms with Gasteiger partial charge in [-0.05, 0) is 27.7 Å². The van der Waals surface area contributed by atoms with E-state index in [4.69, 9.17) is 22.7 Å². The van der Waals surface area contributed by atoms with Gasteiger partial charge in [0.1, 0.15) is 32.0 Å². The predicted molar refractivity (Wildman–Crippen MR) is 96.9 cm³/mol. The van der Waals surface area contributed by atoms with Crippen LogP contribution in [0.4, 0.5) is 4.79 Å². The molecule has 2 heterocycles. The zero-order valence-electron chi connectivity index (χ0n) is 13.2. The van der Waals surface area contributed by atoms with E-state index in [1.807, 2.05) is 33.1 Å². The lowest BCUT2D eigenvalue weighted by atomic mass is 10.2. The van der Waals surface area contributed by atoms with Crippen LogP contribution in [0.2, 0.25) is 0 Å². The van der Waals surface area contributed by atoms with E-state index in [1.54, 1.807) is 5.38 Å². The van der Waals surface area contributed by atoms with Crippen LogP contribution in [-0.4, -0.2) is 26.7 Å². The molecule has 0 aliphatic heterocycles. The molecule has 124 valence electrons. The van der Waals surface area contributed by atoms with Crippen LogP contribution >= 0.6 is 34.9 Å². The van der Waals surface area contributed by atoms with Crippen molar-refractivity contribution in [1.29, 1.82) is 0 Å². The molecule has 2 rings (SSSR count). The van der Waals surface area contributed by atoms with Crippen LogP contribution in [0, 0.1) is 0 Å². The number of thiazole rings is 2. The number of carbonyl (C=O) groups is 1. The number of thiocarbonyl (C=S) groups is 1. The molecule has 0 fully saturated rings.